The van der Waals surface area contributed by atoms with E-state index in [9.17, 15) is 4.79 Å². The van der Waals surface area contributed by atoms with Crippen LogP contribution in [0.1, 0.15) is 40.5 Å². The minimum atomic E-state index is -0.0426. The molecule has 2 rings (SSSR count). The van der Waals surface area contributed by atoms with E-state index in [0.717, 1.165) is 18.4 Å². The van der Waals surface area contributed by atoms with Crippen LogP contribution in [-0.2, 0) is 4.79 Å². The largest absolute Gasteiger partial charge is 0.497 e. The Hall–Kier alpha value is -1.79. The number of hydrogen-bond acceptors (Lipinski definition) is 5. The van der Waals surface area contributed by atoms with Gasteiger partial charge < -0.3 is 25.0 Å². The Morgan fingerprint density at radius 1 is 1.14 bits per heavy atom. The summed E-state index contributed by atoms with van der Waals surface area (Å²) in [6.45, 7) is 12.3. The van der Waals surface area contributed by atoms with E-state index in [1.807, 2.05) is 6.07 Å². The third kappa shape index (κ3) is 6.99. The van der Waals surface area contributed by atoms with Crippen LogP contribution in [0.5, 0.6) is 11.5 Å². The van der Waals surface area contributed by atoms with Gasteiger partial charge in [-0.1, -0.05) is 13.8 Å². The molecule has 4 atom stereocenters. The van der Waals surface area contributed by atoms with Gasteiger partial charge in [0.15, 0.2) is 0 Å². The zero-order valence-corrected chi connectivity index (χ0v) is 18.2. The molecule has 28 heavy (non-hydrogen) atoms. The van der Waals surface area contributed by atoms with Gasteiger partial charge in [-0.05, 0) is 44.2 Å². The topological polar surface area (TPSA) is 62.8 Å². The van der Waals surface area contributed by atoms with Gasteiger partial charge in [0, 0.05) is 44.2 Å². The van der Waals surface area contributed by atoms with Crippen molar-refractivity contribution in [1.82, 2.24) is 10.2 Å². The zero-order chi connectivity index (χ0) is 20.7. The Bertz CT molecular complexity index is 627. The maximum atomic E-state index is 12.5. The van der Waals surface area contributed by atoms with E-state index >= 15 is 0 Å². The fourth-order valence-corrected chi connectivity index (χ4v) is 4.32. The average molecular weight is 392 g/mol. The molecule has 1 saturated heterocycles. The third-order valence-electron chi connectivity index (χ3n) is 5.22. The second-order valence-corrected chi connectivity index (χ2v) is 8.45. The number of methoxy groups -OCH3 is 2. The highest BCUT2D eigenvalue weighted by Gasteiger charge is 2.23. The van der Waals surface area contributed by atoms with Crippen LogP contribution in [0.4, 0.5) is 5.69 Å². The number of rotatable bonds is 9. The van der Waals surface area contributed by atoms with Gasteiger partial charge in [-0.15, -0.1) is 0 Å². The van der Waals surface area contributed by atoms with Crippen molar-refractivity contribution in [3.05, 3.63) is 18.2 Å². The molecule has 1 aromatic carbocycles. The van der Waals surface area contributed by atoms with E-state index in [4.69, 9.17) is 9.47 Å². The Kier molecular flexibility index (Phi) is 8.58. The fraction of sp³-hybridized carbons (Fsp3) is 0.682. The molecule has 6 heteroatoms. The molecule has 0 aromatic heterocycles. The Morgan fingerprint density at radius 2 is 1.82 bits per heavy atom. The molecule has 1 heterocycles. The lowest BCUT2D eigenvalue weighted by molar-refractivity contribution is -0.116. The van der Waals surface area contributed by atoms with Gasteiger partial charge in [0.2, 0.25) is 5.91 Å². The Labute approximate surface area is 170 Å². The lowest BCUT2D eigenvalue weighted by atomic mass is 9.91. The summed E-state index contributed by atoms with van der Waals surface area (Å²) in [5.74, 6) is 2.78. The summed E-state index contributed by atoms with van der Waals surface area (Å²) in [5.41, 5.74) is 0.628. The quantitative estimate of drug-likeness (QED) is 0.676. The molecule has 0 saturated carbocycles. The zero-order valence-electron chi connectivity index (χ0n) is 18.2. The maximum absolute atomic E-state index is 12.5. The summed E-state index contributed by atoms with van der Waals surface area (Å²) in [6.07, 6.45) is 1.72. The summed E-state index contributed by atoms with van der Waals surface area (Å²) in [5, 5.41) is 6.51. The van der Waals surface area contributed by atoms with Crippen LogP contribution in [0, 0.1) is 11.8 Å². The van der Waals surface area contributed by atoms with Gasteiger partial charge >= 0.3 is 0 Å². The second kappa shape index (κ2) is 10.7. The number of hydrogen-bond donors (Lipinski definition) is 2. The third-order valence-corrected chi connectivity index (χ3v) is 5.22. The maximum Gasteiger partial charge on any atom is 0.226 e. The first-order valence-electron chi connectivity index (χ1n) is 10.3. The van der Waals surface area contributed by atoms with Crippen molar-refractivity contribution in [2.45, 2.75) is 52.6 Å². The molecule has 1 amide bonds. The van der Waals surface area contributed by atoms with Crippen LogP contribution < -0.4 is 20.1 Å². The lowest BCUT2D eigenvalue weighted by Gasteiger charge is -2.37. The Balaban J connectivity index is 1.82. The first-order chi connectivity index (χ1) is 13.3. The number of nitrogens with zero attached hydrogens (tertiary/aromatic N) is 1. The van der Waals surface area contributed by atoms with Crippen LogP contribution in [0.15, 0.2) is 18.2 Å². The monoisotopic (exact) mass is 391 g/mol. The van der Waals surface area contributed by atoms with Gasteiger partial charge in [0.25, 0.3) is 0 Å². The number of ether oxygens (including phenoxy) is 2. The van der Waals surface area contributed by atoms with Crippen molar-refractivity contribution in [3.8, 4) is 11.5 Å². The molecule has 0 bridgehead atoms. The van der Waals surface area contributed by atoms with Crippen molar-refractivity contribution in [3.63, 3.8) is 0 Å². The highest BCUT2D eigenvalue weighted by molar-refractivity contribution is 5.92. The van der Waals surface area contributed by atoms with Gasteiger partial charge in [0.05, 0.1) is 19.9 Å². The summed E-state index contributed by atoms with van der Waals surface area (Å²) >= 11 is 0. The predicted octanol–water partition coefficient (Wildman–Crippen LogP) is 3.38. The van der Waals surface area contributed by atoms with E-state index < -0.39 is 0 Å². The van der Waals surface area contributed by atoms with Crippen LogP contribution in [0.2, 0.25) is 0 Å². The summed E-state index contributed by atoms with van der Waals surface area (Å²) in [4.78, 5) is 15.0. The number of piperidine rings is 1. The van der Waals surface area contributed by atoms with Gasteiger partial charge in [-0.2, -0.15) is 0 Å². The second-order valence-electron chi connectivity index (χ2n) is 8.45. The van der Waals surface area contributed by atoms with Crippen LogP contribution in [0.3, 0.4) is 0 Å². The van der Waals surface area contributed by atoms with Crippen LogP contribution in [0.25, 0.3) is 0 Å². The number of nitrogens with one attached hydrogen (secondary N) is 2. The van der Waals surface area contributed by atoms with E-state index in [1.165, 1.54) is 19.5 Å². The van der Waals surface area contributed by atoms with Crippen LogP contribution in [-0.4, -0.2) is 56.7 Å². The predicted molar refractivity (Wildman–Crippen MR) is 114 cm³/mol. The molecule has 1 aliphatic rings. The molecule has 2 N–H and O–H groups in total. The van der Waals surface area contributed by atoms with Gasteiger partial charge in [-0.25, -0.2) is 0 Å². The smallest absolute Gasteiger partial charge is 0.226 e. The van der Waals surface area contributed by atoms with E-state index in [1.54, 1.807) is 26.4 Å². The molecule has 6 nitrogen and oxygen atoms in total. The first kappa shape index (κ1) is 22.5. The molecule has 1 aliphatic heterocycles. The molecule has 158 valence electrons. The van der Waals surface area contributed by atoms with Crippen LogP contribution >= 0.6 is 0 Å². The number of carbonyl (C=O) groups is 1. The highest BCUT2D eigenvalue weighted by atomic mass is 16.5. The molecular formula is C22H37N3O3. The van der Waals surface area contributed by atoms with Crippen molar-refractivity contribution in [1.29, 1.82) is 0 Å². The minimum Gasteiger partial charge on any atom is -0.497 e. The van der Waals surface area contributed by atoms with Crippen molar-refractivity contribution < 1.29 is 14.3 Å². The summed E-state index contributed by atoms with van der Waals surface area (Å²) in [7, 11) is 3.19. The number of benzene rings is 1. The average Bonchev–Trinajstić information content (AvgIpc) is 2.60. The fourth-order valence-electron chi connectivity index (χ4n) is 4.32. The molecular weight excluding hydrogens is 354 g/mol. The SMILES string of the molecule is COc1ccc(OC)c(NC(=O)CC(C)NC(C)CN2CC(C)CC(C)C2)c1. The molecule has 0 radical (unpaired) electrons. The van der Waals surface area contributed by atoms with E-state index in [2.05, 4.69) is 43.2 Å². The first-order valence-corrected chi connectivity index (χ1v) is 10.3. The number of amides is 1. The normalized spacial score (nSPS) is 22.4. The Morgan fingerprint density at radius 3 is 2.43 bits per heavy atom. The minimum absolute atomic E-state index is 0.0426. The highest BCUT2D eigenvalue weighted by Crippen LogP contribution is 2.29. The lowest BCUT2D eigenvalue weighted by Crippen LogP contribution is -2.48. The van der Waals surface area contributed by atoms with E-state index in [0.29, 0.717) is 29.6 Å². The molecule has 0 spiro atoms. The molecule has 1 fully saturated rings. The van der Waals surface area contributed by atoms with E-state index in [-0.39, 0.29) is 11.9 Å². The number of anilines is 1. The van der Waals surface area contributed by atoms with Crippen molar-refractivity contribution in [2.24, 2.45) is 11.8 Å². The standard InChI is InChI=1S/C22H37N3O3/c1-15-9-16(2)13-25(12-15)14-18(4)23-17(3)10-22(26)24-20-11-19(27-5)7-8-21(20)28-6/h7-8,11,15-18,23H,9-10,12-14H2,1-6H3,(H,24,26). The number of carbonyl (C=O) groups excluding carboxylic acids is 1. The molecule has 4 unspecified atom stereocenters. The number of likely N-dealkylation sites (tertiary alicyclic amines) is 1. The van der Waals surface area contributed by atoms with Gasteiger partial charge in [0.1, 0.15) is 11.5 Å². The van der Waals surface area contributed by atoms with Gasteiger partial charge in [-0.3, -0.25) is 4.79 Å². The molecule has 1 aromatic rings. The summed E-state index contributed by atoms with van der Waals surface area (Å²) in [6, 6.07) is 5.80. The van der Waals surface area contributed by atoms with Crippen molar-refractivity contribution in [2.75, 3.05) is 39.2 Å². The molecule has 0 aliphatic carbocycles. The van der Waals surface area contributed by atoms with Crippen molar-refractivity contribution >= 4 is 11.6 Å². The summed E-state index contributed by atoms with van der Waals surface area (Å²) < 4.78 is 10.6.